The molecule has 2 aromatic heterocycles. The molecule has 0 unspecified atom stereocenters. The molecule has 0 bridgehead atoms. The van der Waals surface area contributed by atoms with Gasteiger partial charge in [-0.15, -0.1) is 11.3 Å². The van der Waals surface area contributed by atoms with Gasteiger partial charge in [-0.25, -0.2) is 0 Å². The largest absolute Gasteiger partial charge is 0.487 e. The predicted octanol–water partition coefficient (Wildman–Crippen LogP) is 5.50. The molecular formula is C21H16ClNO4S. The Hall–Kier alpha value is -2.83. The number of halogens is 1. The van der Waals surface area contributed by atoms with Crippen LogP contribution in [-0.2, 0) is 22.6 Å². The van der Waals surface area contributed by atoms with Crippen LogP contribution in [0.2, 0.25) is 5.02 Å². The lowest BCUT2D eigenvalue weighted by atomic mass is 10.1. The molecular weight excluding hydrogens is 398 g/mol. The summed E-state index contributed by atoms with van der Waals surface area (Å²) in [6, 6.07) is 15.0. The number of aromatic nitrogens is 1. The van der Waals surface area contributed by atoms with Gasteiger partial charge in [0.15, 0.2) is 5.76 Å². The molecule has 4 rings (SSSR count). The van der Waals surface area contributed by atoms with Crippen LogP contribution in [0.3, 0.4) is 0 Å². The highest BCUT2D eigenvalue weighted by atomic mass is 35.5. The van der Waals surface area contributed by atoms with Crippen LogP contribution in [0.1, 0.15) is 11.3 Å². The maximum absolute atomic E-state index is 11.5. The van der Waals surface area contributed by atoms with Gasteiger partial charge < -0.3 is 14.0 Å². The van der Waals surface area contributed by atoms with E-state index < -0.39 is 0 Å². The Morgan fingerprint density at radius 3 is 2.79 bits per heavy atom. The summed E-state index contributed by atoms with van der Waals surface area (Å²) < 4.78 is 17.0. The van der Waals surface area contributed by atoms with Crippen molar-refractivity contribution in [3.63, 3.8) is 0 Å². The number of fused-ring (bicyclic) bond motifs is 1. The van der Waals surface area contributed by atoms with Crippen LogP contribution >= 0.6 is 22.9 Å². The Morgan fingerprint density at radius 1 is 1.18 bits per heavy atom. The van der Waals surface area contributed by atoms with E-state index in [4.69, 9.17) is 25.6 Å². The van der Waals surface area contributed by atoms with Gasteiger partial charge in [-0.2, -0.15) is 0 Å². The molecule has 0 N–H and O–H groups in total. The first-order chi connectivity index (χ1) is 13.6. The van der Waals surface area contributed by atoms with Gasteiger partial charge in [0.05, 0.1) is 13.5 Å². The summed E-state index contributed by atoms with van der Waals surface area (Å²) in [6.45, 7) is 0.295. The first-order valence-corrected chi connectivity index (χ1v) is 9.79. The molecule has 2 heterocycles. The third kappa shape index (κ3) is 4.03. The molecule has 0 aliphatic heterocycles. The van der Waals surface area contributed by atoms with Gasteiger partial charge in [0.1, 0.15) is 18.1 Å². The van der Waals surface area contributed by atoms with Crippen LogP contribution in [0.15, 0.2) is 58.4 Å². The van der Waals surface area contributed by atoms with Crippen molar-refractivity contribution in [2.75, 3.05) is 7.11 Å². The topological polar surface area (TPSA) is 61.6 Å². The minimum Gasteiger partial charge on any atom is -0.487 e. The Balaban J connectivity index is 1.44. The van der Waals surface area contributed by atoms with Crippen LogP contribution in [0.25, 0.3) is 21.4 Å². The minimum absolute atomic E-state index is 0.248. The lowest BCUT2D eigenvalue weighted by Crippen LogP contribution is -2.03. The zero-order valence-electron chi connectivity index (χ0n) is 15.0. The second-order valence-electron chi connectivity index (χ2n) is 6.15. The molecule has 0 aliphatic rings. The summed E-state index contributed by atoms with van der Waals surface area (Å²) >= 11 is 7.48. The number of benzene rings is 2. The number of thiophene rings is 1. The third-order valence-electron chi connectivity index (χ3n) is 4.26. The third-order valence-corrected chi connectivity index (χ3v) is 5.51. The van der Waals surface area contributed by atoms with Crippen molar-refractivity contribution in [2.24, 2.45) is 0 Å². The number of methoxy groups -OCH3 is 1. The summed E-state index contributed by atoms with van der Waals surface area (Å²) in [4.78, 5) is 11.5. The van der Waals surface area contributed by atoms with Crippen LogP contribution in [0, 0.1) is 0 Å². The summed E-state index contributed by atoms with van der Waals surface area (Å²) in [7, 11) is 1.39. The average molecular weight is 414 g/mol. The molecule has 5 nitrogen and oxygen atoms in total. The molecule has 2 aromatic carbocycles. The number of hydrogen-bond donors (Lipinski definition) is 0. The monoisotopic (exact) mass is 413 g/mol. The number of rotatable bonds is 6. The molecule has 0 spiro atoms. The Kier molecular flexibility index (Phi) is 5.32. The first kappa shape index (κ1) is 18.5. The molecule has 142 valence electrons. The predicted molar refractivity (Wildman–Crippen MR) is 109 cm³/mol. The molecule has 0 amide bonds. The van der Waals surface area contributed by atoms with Crippen LogP contribution in [-0.4, -0.2) is 18.2 Å². The standard InChI is InChI=1S/C21H16ClNO4S/c1-25-21(24)8-14-12-28-20-10-17(6-7-18(14)20)26-11-16-9-19(27-23-16)13-2-4-15(22)5-3-13/h2-7,9-10,12H,8,11H2,1H3. The summed E-state index contributed by atoms with van der Waals surface area (Å²) in [5.74, 6) is 1.15. The van der Waals surface area contributed by atoms with E-state index in [0.29, 0.717) is 23.1 Å². The fraction of sp³-hybridized carbons (Fsp3) is 0.143. The van der Waals surface area contributed by atoms with Crippen molar-refractivity contribution >= 4 is 39.0 Å². The van der Waals surface area contributed by atoms with E-state index in [1.807, 2.05) is 41.8 Å². The molecule has 0 atom stereocenters. The Morgan fingerprint density at radius 2 is 2.00 bits per heavy atom. The summed E-state index contributed by atoms with van der Waals surface area (Å²) in [5.41, 5.74) is 2.56. The Labute approximate surface area is 170 Å². The fourth-order valence-corrected chi connectivity index (χ4v) is 3.92. The lowest BCUT2D eigenvalue weighted by molar-refractivity contribution is -0.139. The molecule has 0 radical (unpaired) electrons. The van der Waals surface area contributed by atoms with E-state index in [1.165, 1.54) is 7.11 Å². The normalized spacial score (nSPS) is 10.9. The molecule has 7 heteroatoms. The van der Waals surface area contributed by atoms with Crippen molar-refractivity contribution in [3.05, 3.63) is 70.2 Å². The van der Waals surface area contributed by atoms with Gasteiger partial charge in [-0.3, -0.25) is 4.79 Å². The van der Waals surface area contributed by atoms with Gasteiger partial charge in [-0.05, 0) is 58.8 Å². The fourth-order valence-electron chi connectivity index (χ4n) is 2.81. The van der Waals surface area contributed by atoms with E-state index in [0.717, 1.165) is 27.0 Å². The van der Waals surface area contributed by atoms with Crippen molar-refractivity contribution in [3.8, 4) is 17.1 Å². The number of hydrogen-bond acceptors (Lipinski definition) is 6. The minimum atomic E-state index is -0.248. The first-order valence-electron chi connectivity index (χ1n) is 8.53. The Bertz CT molecular complexity index is 1120. The van der Waals surface area contributed by atoms with E-state index >= 15 is 0 Å². The maximum Gasteiger partial charge on any atom is 0.310 e. The number of nitrogens with zero attached hydrogens (tertiary/aromatic N) is 1. The molecule has 0 saturated heterocycles. The number of esters is 1. The highest BCUT2D eigenvalue weighted by Crippen LogP contribution is 2.30. The molecule has 0 saturated carbocycles. The molecule has 0 fully saturated rings. The van der Waals surface area contributed by atoms with Crippen LogP contribution < -0.4 is 4.74 Å². The van der Waals surface area contributed by atoms with E-state index in [1.54, 1.807) is 23.5 Å². The van der Waals surface area contributed by atoms with Crippen molar-refractivity contribution in [1.82, 2.24) is 5.16 Å². The smallest absolute Gasteiger partial charge is 0.310 e. The quantitative estimate of drug-likeness (QED) is 0.390. The number of carbonyl (C=O) groups excluding carboxylic acids is 1. The molecule has 4 aromatic rings. The van der Waals surface area contributed by atoms with E-state index in [9.17, 15) is 4.79 Å². The van der Waals surface area contributed by atoms with E-state index in [-0.39, 0.29) is 12.4 Å². The second kappa shape index (κ2) is 8.04. The zero-order valence-corrected chi connectivity index (χ0v) is 16.5. The molecule has 28 heavy (non-hydrogen) atoms. The van der Waals surface area contributed by atoms with Crippen LogP contribution in [0.4, 0.5) is 0 Å². The van der Waals surface area contributed by atoms with Gasteiger partial charge in [-0.1, -0.05) is 16.8 Å². The summed E-state index contributed by atoms with van der Waals surface area (Å²) in [6.07, 6.45) is 0.267. The number of ether oxygens (including phenoxy) is 2. The molecule has 0 aliphatic carbocycles. The highest BCUT2D eigenvalue weighted by molar-refractivity contribution is 7.17. The van der Waals surface area contributed by atoms with Gasteiger partial charge in [0, 0.05) is 21.4 Å². The summed E-state index contributed by atoms with van der Waals surface area (Å²) in [5, 5.41) is 7.74. The van der Waals surface area contributed by atoms with E-state index in [2.05, 4.69) is 5.16 Å². The highest BCUT2D eigenvalue weighted by Gasteiger charge is 2.11. The van der Waals surface area contributed by atoms with Gasteiger partial charge in [0.2, 0.25) is 0 Å². The maximum atomic E-state index is 11.5. The van der Waals surface area contributed by atoms with Crippen LogP contribution in [0.5, 0.6) is 5.75 Å². The van der Waals surface area contributed by atoms with Crippen molar-refractivity contribution in [1.29, 1.82) is 0 Å². The van der Waals surface area contributed by atoms with Crippen molar-refractivity contribution in [2.45, 2.75) is 13.0 Å². The number of carbonyl (C=O) groups is 1. The van der Waals surface area contributed by atoms with Gasteiger partial charge >= 0.3 is 5.97 Å². The lowest BCUT2D eigenvalue weighted by Gasteiger charge is -2.04. The average Bonchev–Trinajstić information content (AvgIpc) is 3.34. The van der Waals surface area contributed by atoms with Gasteiger partial charge in [0.25, 0.3) is 0 Å². The zero-order chi connectivity index (χ0) is 19.5. The van der Waals surface area contributed by atoms with Crippen molar-refractivity contribution < 1.29 is 18.8 Å². The second-order valence-corrected chi connectivity index (χ2v) is 7.50. The SMILES string of the molecule is COC(=O)Cc1csc2cc(OCc3cc(-c4ccc(Cl)cc4)on3)ccc12.